The maximum atomic E-state index is 12.6. The average molecular weight is 290 g/mol. The number of piperazine rings is 1. The Morgan fingerprint density at radius 3 is 2.67 bits per heavy atom. The van der Waals surface area contributed by atoms with Crippen LogP contribution in [0, 0.1) is 0 Å². The molecule has 1 heterocycles. The van der Waals surface area contributed by atoms with Gasteiger partial charge in [-0.2, -0.15) is 0 Å². The van der Waals surface area contributed by atoms with Gasteiger partial charge in [-0.05, 0) is 38.0 Å². The highest BCUT2D eigenvalue weighted by molar-refractivity contribution is 5.99. The summed E-state index contributed by atoms with van der Waals surface area (Å²) < 4.78 is 0. The van der Waals surface area contributed by atoms with Crippen molar-refractivity contribution in [1.29, 1.82) is 0 Å². The van der Waals surface area contributed by atoms with Gasteiger partial charge >= 0.3 is 0 Å². The number of nitrogens with zero attached hydrogens (tertiary/aromatic N) is 1. The van der Waals surface area contributed by atoms with Gasteiger partial charge in [-0.3, -0.25) is 9.59 Å². The van der Waals surface area contributed by atoms with E-state index in [9.17, 15) is 14.7 Å². The number of hydrogen-bond acceptors (Lipinski definition) is 3. The number of amides is 2. The van der Waals surface area contributed by atoms with E-state index in [1.165, 1.54) is 0 Å². The predicted molar refractivity (Wildman–Crippen MR) is 79.6 cm³/mol. The van der Waals surface area contributed by atoms with E-state index in [-0.39, 0.29) is 17.6 Å². The SMILES string of the molecule is CCCC1NC(=O)C(C)(C)N(Cc2cccc(O)c2)C1=O. The topological polar surface area (TPSA) is 69.6 Å². The van der Waals surface area contributed by atoms with Crippen molar-refractivity contribution in [3.8, 4) is 5.75 Å². The minimum Gasteiger partial charge on any atom is -0.508 e. The molecular weight excluding hydrogens is 268 g/mol. The molecule has 1 fully saturated rings. The molecule has 1 aromatic rings. The van der Waals surface area contributed by atoms with Gasteiger partial charge < -0.3 is 15.3 Å². The lowest BCUT2D eigenvalue weighted by molar-refractivity contribution is -0.156. The van der Waals surface area contributed by atoms with Gasteiger partial charge in [-0.15, -0.1) is 0 Å². The summed E-state index contributed by atoms with van der Waals surface area (Å²) >= 11 is 0. The van der Waals surface area contributed by atoms with Crippen LogP contribution in [0.25, 0.3) is 0 Å². The molecule has 5 nitrogen and oxygen atoms in total. The molecule has 5 heteroatoms. The van der Waals surface area contributed by atoms with Crippen LogP contribution in [0.4, 0.5) is 0 Å². The summed E-state index contributed by atoms with van der Waals surface area (Å²) in [5.41, 5.74) is -0.0892. The van der Waals surface area contributed by atoms with Crippen LogP contribution < -0.4 is 5.32 Å². The number of aromatic hydroxyl groups is 1. The lowest BCUT2D eigenvalue weighted by atomic mass is 9.93. The summed E-state index contributed by atoms with van der Waals surface area (Å²) in [6.07, 6.45) is 1.47. The maximum absolute atomic E-state index is 12.6. The summed E-state index contributed by atoms with van der Waals surface area (Å²) in [5, 5.41) is 12.3. The quantitative estimate of drug-likeness (QED) is 0.888. The van der Waals surface area contributed by atoms with Crippen LogP contribution in [0.3, 0.4) is 0 Å². The monoisotopic (exact) mass is 290 g/mol. The second kappa shape index (κ2) is 5.76. The summed E-state index contributed by atoms with van der Waals surface area (Å²) in [5.74, 6) is -0.0465. The van der Waals surface area contributed by atoms with E-state index in [4.69, 9.17) is 0 Å². The van der Waals surface area contributed by atoms with Gasteiger partial charge in [0.15, 0.2) is 0 Å². The Balaban J connectivity index is 2.28. The van der Waals surface area contributed by atoms with Crippen LogP contribution >= 0.6 is 0 Å². The molecule has 2 amide bonds. The van der Waals surface area contributed by atoms with Crippen LogP contribution in [-0.2, 0) is 16.1 Å². The fourth-order valence-electron chi connectivity index (χ4n) is 2.58. The number of hydrogen-bond donors (Lipinski definition) is 2. The van der Waals surface area contributed by atoms with Gasteiger partial charge in [0.1, 0.15) is 17.3 Å². The third kappa shape index (κ3) is 3.01. The minimum atomic E-state index is -0.896. The van der Waals surface area contributed by atoms with E-state index in [1.807, 2.05) is 13.0 Å². The van der Waals surface area contributed by atoms with E-state index in [0.29, 0.717) is 13.0 Å². The van der Waals surface area contributed by atoms with Crippen molar-refractivity contribution in [3.63, 3.8) is 0 Å². The summed E-state index contributed by atoms with van der Waals surface area (Å²) in [6.45, 7) is 5.78. The first-order valence-electron chi connectivity index (χ1n) is 7.26. The van der Waals surface area contributed by atoms with Gasteiger partial charge in [-0.25, -0.2) is 0 Å². The number of carbonyl (C=O) groups is 2. The van der Waals surface area contributed by atoms with Crippen molar-refractivity contribution in [2.75, 3.05) is 0 Å². The van der Waals surface area contributed by atoms with E-state index >= 15 is 0 Å². The van der Waals surface area contributed by atoms with E-state index in [2.05, 4.69) is 5.32 Å². The molecule has 0 aromatic heterocycles. The van der Waals surface area contributed by atoms with E-state index in [1.54, 1.807) is 36.9 Å². The third-order valence-corrected chi connectivity index (χ3v) is 3.93. The molecule has 1 atom stereocenters. The molecule has 1 aliphatic rings. The molecule has 2 N–H and O–H groups in total. The van der Waals surface area contributed by atoms with Crippen LogP contribution in [-0.4, -0.2) is 33.4 Å². The summed E-state index contributed by atoms with van der Waals surface area (Å²) in [7, 11) is 0. The maximum Gasteiger partial charge on any atom is 0.246 e. The van der Waals surface area contributed by atoms with Crippen LogP contribution in [0.15, 0.2) is 24.3 Å². The molecule has 1 saturated heterocycles. The molecule has 21 heavy (non-hydrogen) atoms. The van der Waals surface area contributed by atoms with Gasteiger partial charge in [0.25, 0.3) is 0 Å². The van der Waals surface area contributed by atoms with Crippen molar-refractivity contribution in [2.24, 2.45) is 0 Å². The Labute approximate surface area is 125 Å². The van der Waals surface area contributed by atoms with Crippen molar-refractivity contribution in [2.45, 2.75) is 51.7 Å². The van der Waals surface area contributed by atoms with E-state index in [0.717, 1.165) is 12.0 Å². The minimum absolute atomic E-state index is 0.0650. The lowest BCUT2D eigenvalue weighted by Crippen LogP contribution is -2.67. The number of phenols is 1. The zero-order chi connectivity index (χ0) is 15.6. The van der Waals surface area contributed by atoms with Crippen molar-refractivity contribution >= 4 is 11.8 Å². The number of carbonyl (C=O) groups excluding carboxylic acids is 2. The highest BCUT2D eigenvalue weighted by Gasteiger charge is 2.45. The Morgan fingerprint density at radius 2 is 2.05 bits per heavy atom. The fraction of sp³-hybridized carbons (Fsp3) is 0.500. The molecule has 0 spiro atoms. The Bertz CT molecular complexity index is 554. The second-order valence-electron chi connectivity index (χ2n) is 5.97. The van der Waals surface area contributed by atoms with E-state index < -0.39 is 11.6 Å². The largest absolute Gasteiger partial charge is 0.508 e. The first-order valence-corrected chi connectivity index (χ1v) is 7.26. The molecule has 2 rings (SSSR count). The van der Waals surface area contributed by atoms with Crippen LogP contribution in [0.2, 0.25) is 0 Å². The first kappa shape index (κ1) is 15.4. The Hall–Kier alpha value is -2.04. The van der Waals surface area contributed by atoms with Gasteiger partial charge in [0, 0.05) is 6.54 Å². The number of phenolic OH excluding ortho intramolecular Hbond substituents is 1. The van der Waals surface area contributed by atoms with Crippen molar-refractivity contribution in [1.82, 2.24) is 10.2 Å². The molecule has 0 saturated carbocycles. The molecule has 114 valence electrons. The first-order chi connectivity index (χ1) is 9.86. The summed E-state index contributed by atoms with van der Waals surface area (Å²) in [4.78, 5) is 26.5. The average Bonchev–Trinajstić information content (AvgIpc) is 2.42. The van der Waals surface area contributed by atoms with Crippen LogP contribution in [0.1, 0.15) is 39.2 Å². The third-order valence-electron chi connectivity index (χ3n) is 3.93. The standard InChI is InChI=1S/C16H22N2O3/c1-4-6-13-14(20)18(16(2,3)15(21)17-13)10-11-7-5-8-12(19)9-11/h5,7-9,13,19H,4,6,10H2,1-3H3,(H,17,21). The molecule has 1 unspecified atom stereocenters. The summed E-state index contributed by atoms with van der Waals surface area (Å²) in [6, 6.07) is 6.32. The lowest BCUT2D eigenvalue weighted by Gasteiger charge is -2.44. The van der Waals surface area contributed by atoms with Crippen LogP contribution in [0.5, 0.6) is 5.75 Å². The molecule has 1 aliphatic heterocycles. The number of nitrogens with one attached hydrogen (secondary N) is 1. The van der Waals surface area contributed by atoms with Gasteiger partial charge in [0.05, 0.1) is 0 Å². The van der Waals surface area contributed by atoms with Crippen molar-refractivity contribution < 1.29 is 14.7 Å². The molecule has 0 bridgehead atoms. The second-order valence-corrected chi connectivity index (χ2v) is 5.97. The smallest absolute Gasteiger partial charge is 0.246 e. The predicted octanol–water partition coefficient (Wildman–Crippen LogP) is 1.80. The highest BCUT2D eigenvalue weighted by Crippen LogP contribution is 2.25. The number of benzene rings is 1. The zero-order valence-corrected chi connectivity index (χ0v) is 12.7. The van der Waals surface area contributed by atoms with Gasteiger partial charge in [-0.1, -0.05) is 25.5 Å². The Kier molecular flexibility index (Phi) is 4.21. The normalized spacial score (nSPS) is 21.3. The zero-order valence-electron chi connectivity index (χ0n) is 12.7. The number of rotatable bonds is 4. The molecule has 0 aliphatic carbocycles. The fourth-order valence-corrected chi connectivity index (χ4v) is 2.58. The highest BCUT2D eigenvalue weighted by atomic mass is 16.3. The molecule has 1 aromatic carbocycles. The Morgan fingerprint density at radius 1 is 1.33 bits per heavy atom. The van der Waals surface area contributed by atoms with Crippen molar-refractivity contribution in [3.05, 3.63) is 29.8 Å². The molecular formula is C16H22N2O3. The molecule has 0 radical (unpaired) electrons. The van der Waals surface area contributed by atoms with Gasteiger partial charge in [0.2, 0.25) is 11.8 Å².